The van der Waals surface area contributed by atoms with Gasteiger partial charge in [0, 0.05) is 43.1 Å². The lowest BCUT2D eigenvalue weighted by atomic mass is 10.0. The van der Waals surface area contributed by atoms with Crippen LogP contribution in [0.2, 0.25) is 0 Å². The molecule has 2 heterocycles. The number of nitrogens with zero attached hydrogens (tertiary/aromatic N) is 4. The fourth-order valence-corrected chi connectivity index (χ4v) is 4.57. The van der Waals surface area contributed by atoms with Crippen LogP contribution in [0.4, 0.5) is 33.4 Å². The summed E-state index contributed by atoms with van der Waals surface area (Å²) in [7, 11) is 4.21. The van der Waals surface area contributed by atoms with Crippen LogP contribution in [-0.4, -0.2) is 55.3 Å². The van der Waals surface area contributed by atoms with Gasteiger partial charge in [-0.15, -0.1) is 0 Å². The number of hydrogen-bond donors (Lipinski definition) is 3. The molecule has 1 aliphatic heterocycles. The van der Waals surface area contributed by atoms with Gasteiger partial charge in [-0.3, -0.25) is 0 Å². The summed E-state index contributed by atoms with van der Waals surface area (Å²) in [6, 6.07) is 17.6. The fourth-order valence-electron chi connectivity index (χ4n) is 4.57. The molecule has 10 heteroatoms. The minimum absolute atomic E-state index is 0.0101. The second kappa shape index (κ2) is 12.4. The summed E-state index contributed by atoms with van der Waals surface area (Å²) in [6.45, 7) is 5.71. The number of nitrogens with one attached hydrogen (secondary N) is 2. The monoisotopic (exact) mass is 529 g/mol. The van der Waals surface area contributed by atoms with Gasteiger partial charge in [0.2, 0.25) is 0 Å². The Balaban J connectivity index is 1.58. The van der Waals surface area contributed by atoms with Gasteiger partial charge in [-0.25, -0.2) is 9.78 Å². The molecule has 0 atom stereocenters. The van der Waals surface area contributed by atoms with E-state index in [1.165, 1.54) is 6.20 Å². The van der Waals surface area contributed by atoms with Crippen molar-refractivity contribution in [2.75, 3.05) is 42.7 Å². The first-order valence-electron chi connectivity index (χ1n) is 13.0. The summed E-state index contributed by atoms with van der Waals surface area (Å²) >= 11 is 0. The molecule has 1 aromatic heterocycles. The maximum Gasteiger partial charge on any atom is 0.410 e. The first kappa shape index (κ1) is 27.5. The number of pyridine rings is 1. The third-order valence-corrected chi connectivity index (χ3v) is 6.54. The van der Waals surface area contributed by atoms with E-state index < -0.39 is 6.09 Å². The lowest BCUT2D eigenvalue weighted by Crippen LogP contribution is -2.42. The Labute approximate surface area is 229 Å². The third-order valence-electron chi connectivity index (χ3n) is 6.54. The highest BCUT2D eigenvalue weighted by Crippen LogP contribution is 2.35. The van der Waals surface area contributed by atoms with Crippen molar-refractivity contribution in [1.29, 1.82) is 5.26 Å². The summed E-state index contributed by atoms with van der Waals surface area (Å²) in [5, 5.41) is 16.2. The van der Waals surface area contributed by atoms with Gasteiger partial charge in [-0.1, -0.05) is 12.1 Å². The highest BCUT2D eigenvalue weighted by atomic mass is 16.5. The first-order valence-corrected chi connectivity index (χ1v) is 13.0. The van der Waals surface area contributed by atoms with E-state index in [-0.39, 0.29) is 6.10 Å². The predicted octanol–water partition coefficient (Wildman–Crippen LogP) is 5.22. The Morgan fingerprint density at radius 1 is 1.08 bits per heavy atom. The smallest absolute Gasteiger partial charge is 0.410 e. The fraction of sp³-hybridized carbons (Fsp3) is 0.345. The van der Waals surface area contributed by atoms with E-state index in [1.807, 2.05) is 56.3 Å². The minimum Gasteiger partial charge on any atom is -0.489 e. The lowest BCUT2D eigenvalue weighted by Gasteiger charge is -2.36. The molecule has 0 bridgehead atoms. The van der Waals surface area contributed by atoms with Gasteiger partial charge >= 0.3 is 6.09 Å². The number of piperidine rings is 1. The second-order valence-corrected chi connectivity index (χ2v) is 9.92. The van der Waals surface area contributed by atoms with Crippen molar-refractivity contribution in [3.8, 4) is 17.6 Å². The molecular formula is C29H35N7O3. The molecule has 0 radical (unpaired) electrons. The highest BCUT2D eigenvalue weighted by molar-refractivity contribution is 5.78. The quantitative estimate of drug-likeness (QED) is 0.342. The Hall–Kier alpha value is -4.49. The Morgan fingerprint density at radius 2 is 1.79 bits per heavy atom. The van der Waals surface area contributed by atoms with Crippen LogP contribution >= 0.6 is 0 Å². The largest absolute Gasteiger partial charge is 0.489 e. The molecule has 1 saturated heterocycles. The number of carbonyl (C=O) groups excluding carboxylic acids is 1. The van der Waals surface area contributed by atoms with Gasteiger partial charge in [0.25, 0.3) is 0 Å². The molecule has 0 spiro atoms. The molecule has 10 nitrogen and oxygen atoms in total. The summed E-state index contributed by atoms with van der Waals surface area (Å²) < 4.78 is 11.3. The number of primary amides is 1. The third kappa shape index (κ3) is 7.09. The molecule has 3 aromatic rings. The number of para-hydroxylation sites is 2. The van der Waals surface area contributed by atoms with Gasteiger partial charge in [-0.05, 0) is 65.0 Å². The van der Waals surface area contributed by atoms with Crippen LogP contribution in [0.25, 0.3) is 0 Å². The topological polar surface area (TPSA) is 129 Å². The van der Waals surface area contributed by atoms with Crippen LogP contribution < -0.4 is 30.7 Å². The maximum atomic E-state index is 11.7. The van der Waals surface area contributed by atoms with Crippen LogP contribution in [0.15, 0.2) is 54.7 Å². The summed E-state index contributed by atoms with van der Waals surface area (Å²) in [4.78, 5) is 20.6. The van der Waals surface area contributed by atoms with Gasteiger partial charge in [-0.2, -0.15) is 5.26 Å². The van der Waals surface area contributed by atoms with Crippen molar-refractivity contribution in [2.24, 2.45) is 5.73 Å². The molecule has 1 amide bonds. The number of aromatic nitrogens is 1. The van der Waals surface area contributed by atoms with Crippen molar-refractivity contribution in [2.45, 2.75) is 38.8 Å². The minimum atomic E-state index is -0.904. The van der Waals surface area contributed by atoms with Crippen molar-refractivity contribution in [3.05, 3.63) is 60.3 Å². The average Bonchev–Trinajstić information content (AvgIpc) is 2.90. The van der Waals surface area contributed by atoms with E-state index in [0.29, 0.717) is 40.3 Å². The van der Waals surface area contributed by atoms with E-state index in [2.05, 4.69) is 45.6 Å². The van der Waals surface area contributed by atoms with E-state index in [1.54, 1.807) is 6.07 Å². The van der Waals surface area contributed by atoms with Gasteiger partial charge in [0.15, 0.2) is 5.75 Å². The van der Waals surface area contributed by atoms with Crippen LogP contribution in [0.5, 0.6) is 11.5 Å². The number of ether oxygens (including phenoxy) is 2. The number of nitrogens with two attached hydrogens (primary N) is 1. The zero-order valence-corrected chi connectivity index (χ0v) is 22.8. The Morgan fingerprint density at radius 3 is 2.46 bits per heavy atom. The van der Waals surface area contributed by atoms with E-state index in [0.717, 1.165) is 37.3 Å². The van der Waals surface area contributed by atoms with Crippen molar-refractivity contribution in [1.82, 2.24) is 9.88 Å². The SMILES string of the molecule is CC(C)Oc1ccccc1Nc1cc(Nc2ccc(N3CCC(N(C)C)CC3)cc2OC(N)=O)ncc1C#N. The van der Waals surface area contributed by atoms with Crippen LogP contribution in [0.3, 0.4) is 0 Å². The molecule has 1 aliphatic rings. The first-order chi connectivity index (χ1) is 18.7. The number of anilines is 5. The number of carbonyl (C=O) groups is 1. The van der Waals surface area contributed by atoms with Gasteiger partial charge < -0.3 is 35.6 Å². The van der Waals surface area contributed by atoms with Crippen molar-refractivity contribution >= 4 is 34.7 Å². The number of hydrogen-bond acceptors (Lipinski definition) is 9. The number of benzene rings is 2. The van der Waals surface area contributed by atoms with Crippen molar-refractivity contribution < 1.29 is 14.3 Å². The molecule has 0 saturated carbocycles. The highest BCUT2D eigenvalue weighted by Gasteiger charge is 2.22. The zero-order valence-electron chi connectivity index (χ0n) is 22.8. The normalized spacial score (nSPS) is 13.7. The standard InChI is InChI=1S/C29H35N7O3/c1-19(2)38-26-8-6-5-7-23(26)33-25-16-28(32-18-20(25)17-30)34-24-10-9-22(15-27(24)39-29(31)37)36-13-11-21(12-14-36)35(3)4/h5-10,15-16,18-19,21H,11-14H2,1-4H3,(H2,31,37)(H2,32,33,34). The molecule has 2 aromatic carbocycles. The van der Waals surface area contributed by atoms with Crippen LogP contribution in [0.1, 0.15) is 32.3 Å². The van der Waals surface area contributed by atoms with Crippen LogP contribution in [0, 0.1) is 11.3 Å². The van der Waals surface area contributed by atoms with E-state index in [4.69, 9.17) is 15.2 Å². The van der Waals surface area contributed by atoms with E-state index >= 15 is 0 Å². The molecule has 4 rings (SSSR count). The lowest BCUT2D eigenvalue weighted by molar-refractivity contribution is 0.211. The molecule has 39 heavy (non-hydrogen) atoms. The summed E-state index contributed by atoms with van der Waals surface area (Å²) in [5.74, 6) is 1.42. The molecule has 0 unspecified atom stereocenters. The summed E-state index contributed by atoms with van der Waals surface area (Å²) in [6.07, 6.45) is 2.67. The molecule has 204 valence electrons. The number of amides is 1. The van der Waals surface area contributed by atoms with Crippen LogP contribution in [-0.2, 0) is 0 Å². The molecular weight excluding hydrogens is 494 g/mol. The molecule has 1 fully saturated rings. The molecule has 0 aliphatic carbocycles. The predicted molar refractivity (Wildman–Crippen MR) is 153 cm³/mol. The van der Waals surface area contributed by atoms with Gasteiger partial charge in [0.05, 0.1) is 28.7 Å². The number of rotatable bonds is 9. The average molecular weight is 530 g/mol. The summed E-state index contributed by atoms with van der Waals surface area (Å²) in [5.41, 5.74) is 8.49. The zero-order chi connectivity index (χ0) is 27.9. The second-order valence-electron chi connectivity index (χ2n) is 9.92. The molecule has 4 N–H and O–H groups in total. The Bertz CT molecular complexity index is 1340. The number of nitriles is 1. The maximum absolute atomic E-state index is 11.7. The van der Waals surface area contributed by atoms with Crippen molar-refractivity contribution in [3.63, 3.8) is 0 Å². The Kier molecular flexibility index (Phi) is 8.74. The van der Waals surface area contributed by atoms with E-state index in [9.17, 15) is 10.1 Å². The van der Waals surface area contributed by atoms with Gasteiger partial charge in [0.1, 0.15) is 17.6 Å².